The molecule has 0 aliphatic rings. The molecule has 2 radical (unpaired) electrons. The normalized spacial score (nSPS) is 9.75. The van der Waals surface area contributed by atoms with Gasteiger partial charge in [0.05, 0.1) is 0 Å². The molecule has 0 nitrogen and oxygen atoms in total. The van der Waals surface area contributed by atoms with Crippen molar-refractivity contribution in [2.45, 2.75) is 13.8 Å². The quantitative estimate of drug-likeness (QED) is 0.453. The summed E-state index contributed by atoms with van der Waals surface area (Å²) in [4.78, 5) is 1.32. The summed E-state index contributed by atoms with van der Waals surface area (Å²) in [5, 5.41) is 1.98. The van der Waals surface area contributed by atoms with Crippen molar-refractivity contribution in [3.63, 3.8) is 0 Å². The van der Waals surface area contributed by atoms with Crippen molar-refractivity contribution in [3.8, 4) is 0 Å². The number of rotatable bonds is 0. The monoisotopic (exact) mass is 122 g/mol. The van der Waals surface area contributed by atoms with Crippen LogP contribution in [0.2, 0.25) is 0 Å². The fourth-order valence-corrected chi connectivity index (χ4v) is 1.31. The van der Waals surface area contributed by atoms with E-state index in [1.54, 1.807) is 11.3 Å². The van der Waals surface area contributed by atoms with E-state index in [0.29, 0.717) is 0 Å². The average Bonchev–Trinajstić information content (AvgIpc) is 1.98. The van der Waals surface area contributed by atoms with E-state index < -0.39 is 0 Å². The van der Waals surface area contributed by atoms with Crippen LogP contribution >= 0.6 is 11.3 Å². The van der Waals surface area contributed by atoms with Crippen molar-refractivity contribution >= 4 is 24.6 Å². The summed E-state index contributed by atoms with van der Waals surface area (Å²) < 4.78 is 0. The number of aryl methyl sites for hydroxylation is 1. The first-order chi connectivity index (χ1) is 3.72. The Morgan fingerprint density at radius 1 is 1.50 bits per heavy atom. The van der Waals surface area contributed by atoms with Gasteiger partial charge in [-0.1, -0.05) is 5.46 Å². The summed E-state index contributed by atoms with van der Waals surface area (Å²) in [6, 6.07) is 0. The van der Waals surface area contributed by atoms with Crippen molar-refractivity contribution in [2.24, 2.45) is 0 Å². The molecule has 0 fully saturated rings. The predicted octanol–water partition coefficient (Wildman–Crippen LogP) is 1.16. The Morgan fingerprint density at radius 3 is 2.25 bits per heavy atom. The summed E-state index contributed by atoms with van der Waals surface area (Å²) in [6.07, 6.45) is 0. The van der Waals surface area contributed by atoms with Crippen LogP contribution in [0.5, 0.6) is 0 Å². The van der Waals surface area contributed by atoms with Crippen LogP contribution in [0, 0.1) is 13.8 Å². The van der Waals surface area contributed by atoms with Crippen LogP contribution in [0.1, 0.15) is 10.4 Å². The minimum absolute atomic E-state index is 0.924. The van der Waals surface area contributed by atoms with E-state index in [1.807, 2.05) is 12.3 Å². The number of hydrogen-bond donors (Lipinski definition) is 0. The molecule has 0 spiro atoms. The largest absolute Gasteiger partial charge is 0.150 e. The van der Waals surface area contributed by atoms with Crippen molar-refractivity contribution in [3.05, 3.63) is 15.8 Å². The van der Waals surface area contributed by atoms with Gasteiger partial charge < -0.3 is 0 Å². The smallest absolute Gasteiger partial charge is 0.115 e. The molecule has 0 unspecified atom stereocenters. The molecular formula is C6H7BS. The van der Waals surface area contributed by atoms with Crippen LogP contribution in [-0.4, -0.2) is 7.85 Å². The van der Waals surface area contributed by atoms with Crippen molar-refractivity contribution in [2.75, 3.05) is 0 Å². The first-order valence-corrected chi connectivity index (χ1v) is 3.40. The average molecular weight is 122 g/mol. The van der Waals surface area contributed by atoms with E-state index in [4.69, 9.17) is 7.85 Å². The lowest BCUT2D eigenvalue weighted by molar-refractivity contribution is 1.47. The summed E-state index contributed by atoms with van der Waals surface area (Å²) in [6.45, 7) is 4.12. The molecular weight excluding hydrogens is 115 g/mol. The van der Waals surface area contributed by atoms with Crippen molar-refractivity contribution < 1.29 is 0 Å². The van der Waals surface area contributed by atoms with Gasteiger partial charge in [-0.15, -0.1) is 11.3 Å². The number of thiophene rings is 1. The molecule has 0 bridgehead atoms. The highest BCUT2D eigenvalue weighted by atomic mass is 32.1. The fraction of sp³-hybridized carbons (Fsp3) is 0.333. The van der Waals surface area contributed by atoms with Crippen LogP contribution in [-0.2, 0) is 0 Å². The van der Waals surface area contributed by atoms with Crippen LogP contribution in [0.4, 0.5) is 0 Å². The van der Waals surface area contributed by atoms with Crippen LogP contribution in [0.25, 0.3) is 0 Å². The molecule has 0 aromatic carbocycles. The Balaban J connectivity index is 3.19. The van der Waals surface area contributed by atoms with Gasteiger partial charge >= 0.3 is 0 Å². The van der Waals surface area contributed by atoms with Crippen molar-refractivity contribution in [1.82, 2.24) is 0 Å². The number of hydrogen-bond acceptors (Lipinski definition) is 1. The second-order valence-electron chi connectivity index (χ2n) is 1.87. The molecule has 1 heterocycles. The SMILES string of the molecule is [B]c1csc(C)c1C. The zero-order chi connectivity index (χ0) is 6.15. The summed E-state index contributed by atoms with van der Waals surface area (Å²) in [5.74, 6) is 0. The predicted molar refractivity (Wildman–Crippen MR) is 39.2 cm³/mol. The first-order valence-electron chi connectivity index (χ1n) is 2.52. The first kappa shape index (κ1) is 5.89. The third-order valence-electron chi connectivity index (χ3n) is 1.32. The third kappa shape index (κ3) is 0.803. The van der Waals surface area contributed by atoms with E-state index in [-0.39, 0.29) is 0 Å². The van der Waals surface area contributed by atoms with E-state index in [1.165, 1.54) is 10.4 Å². The van der Waals surface area contributed by atoms with Gasteiger partial charge in [0, 0.05) is 4.88 Å². The third-order valence-corrected chi connectivity index (χ3v) is 2.36. The Morgan fingerprint density at radius 2 is 2.12 bits per heavy atom. The topological polar surface area (TPSA) is 0 Å². The van der Waals surface area contributed by atoms with Gasteiger partial charge in [-0.25, -0.2) is 0 Å². The molecule has 0 N–H and O–H groups in total. The highest BCUT2D eigenvalue weighted by Crippen LogP contribution is 2.09. The van der Waals surface area contributed by atoms with Gasteiger partial charge in [0.2, 0.25) is 0 Å². The lowest BCUT2D eigenvalue weighted by Gasteiger charge is -1.87. The van der Waals surface area contributed by atoms with Crippen LogP contribution < -0.4 is 5.46 Å². The minimum Gasteiger partial charge on any atom is -0.150 e. The van der Waals surface area contributed by atoms with E-state index in [0.717, 1.165) is 5.46 Å². The molecule has 0 amide bonds. The fourth-order valence-electron chi connectivity index (χ4n) is 0.532. The maximum absolute atomic E-state index is 5.55. The Labute approximate surface area is 55.0 Å². The minimum atomic E-state index is 0.924. The van der Waals surface area contributed by atoms with E-state index >= 15 is 0 Å². The maximum atomic E-state index is 5.55. The van der Waals surface area contributed by atoms with E-state index in [9.17, 15) is 0 Å². The Kier molecular flexibility index (Phi) is 1.43. The van der Waals surface area contributed by atoms with Crippen LogP contribution in [0.15, 0.2) is 5.38 Å². The van der Waals surface area contributed by atoms with E-state index in [2.05, 4.69) is 6.92 Å². The van der Waals surface area contributed by atoms with Crippen LogP contribution in [0.3, 0.4) is 0 Å². The highest BCUT2D eigenvalue weighted by molar-refractivity contribution is 7.11. The zero-order valence-electron chi connectivity index (χ0n) is 5.06. The lowest BCUT2D eigenvalue weighted by atomic mass is 9.95. The molecule has 1 aromatic rings. The molecule has 40 valence electrons. The second kappa shape index (κ2) is 1.94. The molecule has 0 atom stereocenters. The van der Waals surface area contributed by atoms with Gasteiger partial charge in [0.25, 0.3) is 0 Å². The van der Waals surface area contributed by atoms with Gasteiger partial charge in [-0.05, 0) is 24.8 Å². The molecule has 8 heavy (non-hydrogen) atoms. The van der Waals surface area contributed by atoms with Gasteiger partial charge in [-0.2, -0.15) is 0 Å². The highest BCUT2D eigenvalue weighted by Gasteiger charge is 1.95. The maximum Gasteiger partial charge on any atom is 0.115 e. The van der Waals surface area contributed by atoms with Gasteiger partial charge in [0.15, 0.2) is 0 Å². The molecule has 1 aromatic heterocycles. The molecule has 0 saturated heterocycles. The van der Waals surface area contributed by atoms with Gasteiger partial charge in [-0.3, -0.25) is 0 Å². The lowest BCUT2D eigenvalue weighted by Crippen LogP contribution is -2.00. The molecule has 1 rings (SSSR count). The van der Waals surface area contributed by atoms with Crippen molar-refractivity contribution in [1.29, 1.82) is 0 Å². The second-order valence-corrected chi connectivity index (χ2v) is 2.96. The Bertz CT molecular complexity index is 171. The Hall–Kier alpha value is -0.235. The summed E-state index contributed by atoms with van der Waals surface area (Å²) >= 11 is 1.71. The molecule has 0 saturated carbocycles. The molecule has 0 aliphatic heterocycles. The zero-order valence-corrected chi connectivity index (χ0v) is 5.88. The summed E-state index contributed by atoms with van der Waals surface area (Å²) in [5.41, 5.74) is 2.16. The summed E-state index contributed by atoms with van der Waals surface area (Å²) in [7, 11) is 5.55. The molecule has 2 heteroatoms. The molecule has 0 aliphatic carbocycles. The standard InChI is InChI=1S/C6H7BS/c1-4-5(2)8-3-6(4)7/h3H,1-2H3. The van der Waals surface area contributed by atoms with Gasteiger partial charge in [0.1, 0.15) is 7.85 Å².